The molecular weight excluding hydrogens is 253 g/mol. The molecule has 2 nitrogen and oxygen atoms in total. The van der Waals surface area contributed by atoms with Crippen molar-refractivity contribution in [3.05, 3.63) is 30.1 Å². The van der Waals surface area contributed by atoms with Gasteiger partial charge in [0.2, 0.25) is 0 Å². The molecule has 0 amide bonds. The molecule has 1 fully saturated rings. The standard InChI is InChI=1S/C14H19F3N2/c15-14(16,17)12-5-3-11(4-6-12)13(18)8-10-2-1-7-19-9-10/h1-2,7,9,11-13H,3-6,8,18H2. The van der Waals surface area contributed by atoms with Gasteiger partial charge in [0.05, 0.1) is 5.92 Å². The van der Waals surface area contributed by atoms with E-state index in [4.69, 9.17) is 5.73 Å². The van der Waals surface area contributed by atoms with E-state index >= 15 is 0 Å². The molecule has 0 saturated heterocycles. The topological polar surface area (TPSA) is 38.9 Å². The van der Waals surface area contributed by atoms with Crippen molar-refractivity contribution in [2.75, 3.05) is 0 Å². The Morgan fingerprint density at radius 2 is 1.95 bits per heavy atom. The summed E-state index contributed by atoms with van der Waals surface area (Å²) >= 11 is 0. The summed E-state index contributed by atoms with van der Waals surface area (Å²) in [5.74, 6) is -0.937. The smallest absolute Gasteiger partial charge is 0.327 e. The summed E-state index contributed by atoms with van der Waals surface area (Å²) in [6.07, 6.45) is 1.69. The van der Waals surface area contributed by atoms with E-state index in [2.05, 4.69) is 4.98 Å². The Bertz CT molecular complexity index is 383. The Hall–Kier alpha value is -1.10. The summed E-state index contributed by atoms with van der Waals surface area (Å²) in [5.41, 5.74) is 7.17. The lowest BCUT2D eigenvalue weighted by Crippen LogP contribution is -2.37. The molecule has 1 unspecified atom stereocenters. The number of nitrogens with two attached hydrogens (primary N) is 1. The molecule has 5 heteroatoms. The van der Waals surface area contributed by atoms with Gasteiger partial charge in [0, 0.05) is 18.4 Å². The lowest BCUT2D eigenvalue weighted by molar-refractivity contribution is -0.184. The Labute approximate surface area is 111 Å². The quantitative estimate of drug-likeness (QED) is 0.916. The SMILES string of the molecule is NC(Cc1cccnc1)C1CCC(C(F)(F)F)CC1. The maximum absolute atomic E-state index is 12.6. The van der Waals surface area contributed by atoms with Crippen molar-refractivity contribution < 1.29 is 13.2 Å². The highest BCUT2D eigenvalue weighted by Crippen LogP contribution is 2.40. The molecule has 0 radical (unpaired) electrons. The van der Waals surface area contributed by atoms with E-state index in [1.807, 2.05) is 12.1 Å². The van der Waals surface area contributed by atoms with E-state index < -0.39 is 12.1 Å². The van der Waals surface area contributed by atoms with Gasteiger partial charge in [-0.3, -0.25) is 4.98 Å². The third-order valence-electron chi connectivity index (χ3n) is 4.03. The lowest BCUT2D eigenvalue weighted by atomic mass is 9.77. The molecule has 2 N–H and O–H groups in total. The first kappa shape index (κ1) is 14.3. The monoisotopic (exact) mass is 272 g/mol. The van der Waals surface area contributed by atoms with Crippen LogP contribution < -0.4 is 5.73 Å². The molecule has 1 aromatic rings. The predicted molar refractivity (Wildman–Crippen MR) is 67.4 cm³/mol. The van der Waals surface area contributed by atoms with Gasteiger partial charge in [-0.1, -0.05) is 6.07 Å². The Morgan fingerprint density at radius 3 is 2.47 bits per heavy atom. The minimum absolute atomic E-state index is 0.0709. The second-order valence-electron chi connectivity index (χ2n) is 5.38. The molecule has 1 aliphatic rings. The highest BCUT2D eigenvalue weighted by atomic mass is 19.4. The third-order valence-corrected chi connectivity index (χ3v) is 4.03. The van der Waals surface area contributed by atoms with Crippen LogP contribution in [0, 0.1) is 11.8 Å². The van der Waals surface area contributed by atoms with Crippen LogP contribution in [0.4, 0.5) is 13.2 Å². The summed E-state index contributed by atoms with van der Waals surface area (Å²) in [6, 6.07) is 3.73. The molecule has 1 aliphatic carbocycles. The first-order valence-electron chi connectivity index (χ1n) is 6.68. The van der Waals surface area contributed by atoms with E-state index in [-0.39, 0.29) is 24.8 Å². The highest BCUT2D eigenvalue weighted by molar-refractivity contribution is 5.10. The molecule has 0 aliphatic heterocycles. The molecule has 1 atom stereocenters. The van der Waals surface area contributed by atoms with Crippen molar-refractivity contribution in [1.82, 2.24) is 4.98 Å². The van der Waals surface area contributed by atoms with E-state index in [1.54, 1.807) is 12.4 Å². The van der Waals surface area contributed by atoms with Crippen LogP contribution in [0.25, 0.3) is 0 Å². The molecule has 0 bridgehead atoms. The van der Waals surface area contributed by atoms with Gasteiger partial charge in [0.25, 0.3) is 0 Å². The number of nitrogens with zero attached hydrogens (tertiary/aromatic N) is 1. The number of rotatable bonds is 3. The van der Waals surface area contributed by atoms with Gasteiger partial charge in [-0.2, -0.15) is 13.2 Å². The number of hydrogen-bond donors (Lipinski definition) is 1. The fourth-order valence-electron chi connectivity index (χ4n) is 2.83. The minimum atomic E-state index is -4.04. The Morgan fingerprint density at radius 1 is 1.26 bits per heavy atom. The van der Waals surface area contributed by atoms with Crippen LogP contribution in [0.15, 0.2) is 24.5 Å². The second kappa shape index (κ2) is 5.90. The predicted octanol–water partition coefficient (Wildman–Crippen LogP) is 3.32. The lowest BCUT2D eigenvalue weighted by Gasteiger charge is -2.33. The largest absolute Gasteiger partial charge is 0.391 e. The number of hydrogen-bond acceptors (Lipinski definition) is 2. The first-order chi connectivity index (χ1) is 8.97. The first-order valence-corrected chi connectivity index (χ1v) is 6.68. The Balaban J connectivity index is 1.84. The van der Waals surface area contributed by atoms with Crippen LogP contribution in [-0.4, -0.2) is 17.2 Å². The van der Waals surface area contributed by atoms with Crippen molar-refractivity contribution in [2.45, 2.75) is 44.3 Å². The summed E-state index contributed by atoms with van der Waals surface area (Å²) < 4.78 is 37.7. The van der Waals surface area contributed by atoms with E-state index in [0.717, 1.165) is 5.56 Å². The van der Waals surface area contributed by atoms with Crippen LogP contribution in [0.1, 0.15) is 31.2 Å². The van der Waals surface area contributed by atoms with Crippen molar-refractivity contribution in [3.8, 4) is 0 Å². The van der Waals surface area contributed by atoms with Gasteiger partial charge in [-0.05, 0) is 49.7 Å². The van der Waals surface area contributed by atoms with Gasteiger partial charge in [-0.25, -0.2) is 0 Å². The molecule has 106 valence electrons. The van der Waals surface area contributed by atoms with Crippen LogP contribution in [0.3, 0.4) is 0 Å². The second-order valence-corrected chi connectivity index (χ2v) is 5.38. The maximum atomic E-state index is 12.6. The fourth-order valence-corrected chi connectivity index (χ4v) is 2.83. The zero-order valence-corrected chi connectivity index (χ0v) is 10.7. The minimum Gasteiger partial charge on any atom is -0.327 e. The van der Waals surface area contributed by atoms with Crippen molar-refractivity contribution in [1.29, 1.82) is 0 Å². The maximum Gasteiger partial charge on any atom is 0.391 e. The third kappa shape index (κ3) is 3.93. The van der Waals surface area contributed by atoms with E-state index in [1.165, 1.54) is 0 Å². The number of halogens is 3. The van der Waals surface area contributed by atoms with Gasteiger partial charge in [0.15, 0.2) is 0 Å². The van der Waals surface area contributed by atoms with Crippen LogP contribution in [-0.2, 0) is 6.42 Å². The fraction of sp³-hybridized carbons (Fsp3) is 0.643. The van der Waals surface area contributed by atoms with Gasteiger partial charge >= 0.3 is 6.18 Å². The zero-order valence-electron chi connectivity index (χ0n) is 10.7. The van der Waals surface area contributed by atoms with Crippen LogP contribution >= 0.6 is 0 Å². The van der Waals surface area contributed by atoms with Gasteiger partial charge < -0.3 is 5.73 Å². The molecule has 0 spiro atoms. The number of aromatic nitrogens is 1. The van der Waals surface area contributed by atoms with Crippen molar-refractivity contribution >= 4 is 0 Å². The molecule has 1 heterocycles. The summed E-state index contributed by atoms with van der Waals surface area (Å²) in [7, 11) is 0. The molecule has 2 rings (SSSR count). The molecule has 1 aromatic heterocycles. The number of pyridine rings is 1. The van der Waals surface area contributed by atoms with Crippen LogP contribution in [0.2, 0.25) is 0 Å². The molecule has 0 aromatic carbocycles. The van der Waals surface area contributed by atoms with E-state index in [0.29, 0.717) is 19.3 Å². The Kier molecular flexibility index (Phi) is 4.45. The average Bonchev–Trinajstić information content (AvgIpc) is 2.39. The normalized spacial score (nSPS) is 26.1. The average molecular weight is 272 g/mol. The summed E-state index contributed by atoms with van der Waals surface area (Å²) in [5, 5.41) is 0. The van der Waals surface area contributed by atoms with Crippen molar-refractivity contribution in [3.63, 3.8) is 0 Å². The molecule has 1 saturated carbocycles. The van der Waals surface area contributed by atoms with Crippen LogP contribution in [0.5, 0.6) is 0 Å². The highest BCUT2D eigenvalue weighted by Gasteiger charge is 2.42. The summed E-state index contributed by atoms with van der Waals surface area (Å²) in [4.78, 5) is 4.02. The number of alkyl halides is 3. The molecular formula is C14H19F3N2. The van der Waals surface area contributed by atoms with Gasteiger partial charge in [0.1, 0.15) is 0 Å². The molecule has 19 heavy (non-hydrogen) atoms. The van der Waals surface area contributed by atoms with Gasteiger partial charge in [-0.15, -0.1) is 0 Å². The summed E-state index contributed by atoms with van der Waals surface area (Å²) in [6.45, 7) is 0. The van der Waals surface area contributed by atoms with E-state index in [9.17, 15) is 13.2 Å². The zero-order chi connectivity index (χ0) is 13.9. The van der Waals surface area contributed by atoms with Crippen molar-refractivity contribution in [2.24, 2.45) is 17.6 Å².